The van der Waals surface area contributed by atoms with Crippen LogP contribution in [0.3, 0.4) is 0 Å². The maximum absolute atomic E-state index is 5.40. The lowest BCUT2D eigenvalue weighted by molar-refractivity contribution is 0.0655. The van der Waals surface area contributed by atoms with Crippen LogP contribution in [0, 0.1) is 6.92 Å². The van der Waals surface area contributed by atoms with Gasteiger partial charge >= 0.3 is 0 Å². The summed E-state index contributed by atoms with van der Waals surface area (Å²) in [7, 11) is 0. The fourth-order valence-corrected chi connectivity index (χ4v) is 2.14. The SMILES string of the molecule is C=CCn1cc(C)nc1NC1(C)CCOCC1. The molecule has 1 aliphatic heterocycles. The summed E-state index contributed by atoms with van der Waals surface area (Å²) in [6, 6.07) is 0. The van der Waals surface area contributed by atoms with Crippen molar-refractivity contribution in [3.63, 3.8) is 0 Å². The number of hydrogen-bond acceptors (Lipinski definition) is 3. The van der Waals surface area contributed by atoms with E-state index < -0.39 is 0 Å². The zero-order chi connectivity index (χ0) is 12.3. The van der Waals surface area contributed by atoms with Crippen molar-refractivity contribution in [1.29, 1.82) is 0 Å². The van der Waals surface area contributed by atoms with Crippen LogP contribution in [0.2, 0.25) is 0 Å². The van der Waals surface area contributed by atoms with Crippen LogP contribution in [0.4, 0.5) is 5.95 Å². The number of allylic oxidation sites excluding steroid dienone is 1. The first kappa shape index (κ1) is 12.2. The highest BCUT2D eigenvalue weighted by Crippen LogP contribution is 2.25. The first-order valence-electron chi connectivity index (χ1n) is 6.13. The van der Waals surface area contributed by atoms with Crippen molar-refractivity contribution in [2.75, 3.05) is 18.5 Å². The zero-order valence-electron chi connectivity index (χ0n) is 10.7. The van der Waals surface area contributed by atoms with Crippen molar-refractivity contribution < 1.29 is 4.74 Å². The van der Waals surface area contributed by atoms with Crippen molar-refractivity contribution in [2.24, 2.45) is 0 Å². The van der Waals surface area contributed by atoms with Gasteiger partial charge in [0.05, 0.1) is 5.69 Å². The summed E-state index contributed by atoms with van der Waals surface area (Å²) in [5.74, 6) is 0.937. The molecule has 1 N–H and O–H groups in total. The topological polar surface area (TPSA) is 39.1 Å². The molecule has 0 amide bonds. The third-order valence-electron chi connectivity index (χ3n) is 3.23. The highest BCUT2D eigenvalue weighted by Gasteiger charge is 2.28. The second-order valence-corrected chi connectivity index (χ2v) is 4.94. The Morgan fingerprint density at radius 3 is 2.94 bits per heavy atom. The number of aromatic nitrogens is 2. The number of hydrogen-bond donors (Lipinski definition) is 1. The molecule has 0 unspecified atom stereocenters. The maximum Gasteiger partial charge on any atom is 0.203 e. The van der Waals surface area contributed by atoms with E-state index in [4.69, 9.17) is 4.74 Å². The molecule has 0 aliphatic carbocycles. The highest BCUT2D eigenvalue weighted by atomic mass is 16.5. The van der Waals surface area contributed by atoms with Gasteiger partial charge in [-0.15, -0.1) is 6.58 Å². The van der Waals surface area contributed by atoms with E-state index in [1.54, 1.807) is 0 Å². The summed E-state index contributed by atoms with van der Waals surface area (Å²) in [5.41, 5.74) is 1.12. The van der Waals surface area contributed by atoms with E-state index in [1.807, 2.05) is 19.2 Å². The van der Waals surface area contributed by atoms with Crippen LogP contribution in [0.15, 0.2) is 18.9 Å². The third kappa shape index (κ3) is 2.88. The Bertz CT molecular complexity index is 391. The number of nitrogens with one attached hydrogen (secondary N) is 1. The van der Waals surface area contributed by atoms with E-state index in [0.717, 1.165) is 44.2 Å². The predicted molar refractivity (Wildman–Crippen MR) is 69.2 cm³/mol. The van der Waals surface area contributed by atoms with Gasteiger partial charge in [0.25, 0.3) is 0 Å². The Morgan fingerprint density at radius 2 is 2.29 bits per heavy atom. The average molecular weight is 235 g/mol. The predicted octanol–water partition coefficient (Wildman–Crippen LogP) is 2.36. The molecule has 4 heteroatoms. The van der Waals surface area contributed by atoms with Gasteiger partial charge in [-0.3, -0.25) is 0 Å². The maximum atomic E-state index is 5.40. The van der Waals surface area contributed by atoms with Crippen LogP contribution in [-0.4, -0.2) is 28.3 Å². The molecule has 0 atom stereocenters. The standard InChI is InChI=1S/C13H21N3O/c1-4-7-16-10-11(2)14-12(16)15-13(3)5-8-17-9-6-13/h4,10H,1,5-9H2,2-3H3,(H,14,15). The summed E-state index contributed by atoms with van der Waals surface area (Å²) in [6.07, 6.45) is 5.98. The normalized spacial score (nSPS) is 18.9. The zero-order valence-corrected chi connectivity index (χ0v) is 10.7. The Labute approximate surface area is 103 Å². The molecule has 4 nitrogen and oxygen atoms in total. The van der Waals surface area contributed by atoms with Crippen molar-refractivity contribution in [1.82, 2.24) is 9.55 Å². The number of imidazole rings is 1. The van der Waals surface area contributed by atoms with Crippen LogP contribution in [0.5, 0.6) is 0 Å². The lowest BCUT2D eigenvalue weighted by Gasteiger charge is -2.34. The molecule has 94 valence electrons. The number of anilines is 1. The molecule has 0 bridgehead atoms. The van der Waals surface area contributed by atoms with Gasteiger partial charge in [0.2, 0.25) is 5.95 Å². The van der Waals surface area contributed by atoms with Crippen molar-refractivity contribution in [3.8, 4) is 0 Å². The van der Waals surface area contributed by atoms with Gasteiger partial charge in [0, 0.05) is 31.5 Å². The van der Waals surface area contributed by atoms with E-state index in [-0.39, 0.29) is 5.54 Å². The second kappa shape index (κ2) is 4.92. The molecule has 0 radical (unpaired) electrons. The lowest BCUT2D eigenvalue weighted by atomic mass is 9.93. The Kier molecular flexibility index (Phi) is 3.52. The molecule has 1 aromatic rings. The first-order chi connectivity index (χ1) is 8.13. The average Bonchev–Trinajstić information content (AvgIpc) is 2.60. The first-order valence-corrected chi connectivity index (χ1v) is 6.13. The van der Waals surface area contributed by atoms with Crippen LogP contribution < -0.4 is 5.32 Å². The van der Waals surface area contributed by atoms with Gasteiger partial charge < -0.3 is 14.6 Å². The van der Waals surface area contributed by atoms with E-state index in [9.17, 15) is 0 Å². The molecule has 1 aliphatic rings. The summed E-state index contributed by atoms with van der Waals surface area (Å²) in [4.78, 5) is 4.53. The fourth-order valence-electron chi connectivity index (χ4n) is 2.14. The smallest absolute Gasteiger partial charge is 0.203 e. The minimum Gasteiger partial charge on any atom is -0.381 e. The van der Waals surface area contributed by atoms with E-state index >= 15 is 0 Å². The Morgan fingerprint density at radius 1 is 1.59 bits per heavy atom. The van der Waals surface area contributed by atoms with Crippen LogP contribution in [0.1, 0.15) is 25.5 Å². The molecular formula is C13H21N3O. The van der Waals surface area contributed by atoms with E-state index in [2.05, 4.69) is 28.4 Å². The van der Waals surface area contributed by atoms with E-state index in [0.29, 0.717) is 0 Å². The molecule has 1 fully saturated rings. The molecular weight excluding hydrogens is 214 g/mol. The number of ether oxygens (including phenoxy) is 1. The minimum atomic E-state index is 0.0922. The Balaban J connectivity index is 2.13. The number of aryl methyl sites for hydroxylation is 1. The van der Waals surface area contributed by atoms with Gasteiger partial charge in [-0.1, -0.05) is 6.08 Å². The minimum absolute atomic E-state index is 0.0922. The molecule has 2 rings (SSSR count). The summed E-state index contributed by atoms with van der Waals surface area (Å²) >= 11 is 0. The van der Waals surface area contributed by atoms with Gasteiger partial charge in [-0.25, -0.2) is 4.98 Å². The molecule has 0 spiro atoms. The summed E-state index contributed by atoms with van der Waals surface area (Å²) in [5, 5.41) is 3.56. The van der Waals surface area contributed by atoms with Gasteiger partial charge in [0.1, 0.15) is 0 Å². The molecule has 1 aromatic heterocycles. The molecule has 0 saturated carbocycles. The van der Waals surface area contributed by atoms with Gasteiger partial charge in [-0.05, 0) is 26.7 Å². The molecule has 0 aromatic carbocycles. The largest absolute Gasteiger partial charge is 0.381 e. The van der Waals surface area contributed by atoms with Crippen molar-refractivity contribution in [3.05, 3.63) is 24.5 Å². The van der Waals surface area contributed by atoms with Crippen LogP contribution >= 0.6 is 0 Å². The highest BCUT2D eigenvalue weighted by molar-refractivity contribution is 5.33. The monoisotopic (exact) mass is 235 g/mol. The van der Waals surface area contributed by atoms with Gasteiger partial charge in [-0.2, -0.15) is 0 Å². The molecule has 17 heavy (non-hydrogen) atoms. The van der Waals surface area contributed by atoms with Crippen molar-refractivity contribution in [2.45, 2.75) is 38.8 Å². The quantitative estimate of drug-likeness (QED) is 0.814. The van der Waals surface area contributed by atoms with Crippen LogP contribution in [-0.2, 0) is 11.3 Å². The van der Waals surface area contributed by atoms with Crippen LogP contribution in [0.25, 0.3) is 0 Å². The third-order valence-corrected chi connectivity index (χ3v) is 3.23. The number of nitrogens with zero attached hydrogens (tertiary/aromatic N) is 2. The second-order valence-electron chi connectivity index (χ2n) is 4.94. The fraction of sp³-hybridized carbons (Fsp3) is 0.615. The van der Waals surface area contributed by atoms with E-state index in [1.165, 1.54) is 0 Å². The van der Waals surface area contributed by atoms with Gasteiger partial charge in [0.15, 0.2) is 0 Å². The summed E-state index contributed by atoms with van der Waals surface area (Å²) in [6.45, 7) is 10.5. The Hall–Kier alpha value is -1.29. The molecule has 1 saturated heterocycles. The van der Waals surface area contributed by atoms with Crippen molar-refractivity contribution >= 4 is 5.95 Å². The number of rotatable bonds is 4. The molecule has 2 heterocycles. The lowest BCUT2D eigenvalue weighted by Crippen LogP contribution is -2.41. The summed E-state index contributed by atoms with van der Waals surface area (Å²) < 4.78 is 7.50.